The lowest BCUT2D eigenvalue weighted by Gasteiger charge is -2.16. The number of anilines is 2. The molecule has 1 aromatic carbocycles. The Labute approximate surface area is 161 Å². The lowest BCUT2D eigenvalue weighted by Crippen LogP contribution is -2.31. The summed E-state index contributed by atoms with van der Waals surface area (Å²) in [6.45, 7) is 1.65. The molecule has 0 saturated carbocycles. The molecule has 1 aliphatic heterocycles. The molecular weight excluding hydrogens is 395 g/mol. The number of thioether (sulfide) groups is 1. The molecule has 27 heavy (non-hydrogen) atoms. The standard InChI is InChI=1S/C16H15FN4O4S2/c1-8(14(24)25)26-16-20-19-15(27-16)18-13(23)9-6-12(22)21(7-9)11-4-2-10(17)3-5-11/h2-5,8-9H,6-7H2,1H3,(H,24,25)(H,18,19,23)/p-1/t8-,9-/m1/s1. The topological polar surface area (TPSA) is 115 Å². The molecule has 1 aliphatic rings. The second kappa shape index (κ2) is 8.01. The zero-order valence-electron chi connectivity index (χ0n) is 14.0. The fourth-order valence-corrected chi connectivity index (χ4v) is 4.30. The third-order valence-electron chi connectivity index (χ3n) is 3.88. The molecule has 0 aliphatic carbocycles. The van der Waals surface area contributed by atoms with Crippen molar-refractivity contribution in [1.82, 2.24) is 10.2 Å². The summed E-state index contributed by atoms with van der Waals surface area (Å²) >= 11 is 2.01. The van der Waals surface area contributed by atoms with E-state index in [1.807, 2.05) is 0 Å². The van der Waals surface area contributed by atoms with E-state index in [2.05, 4.69) is 15.5 Å². The van der Waals surface area contributed by atoms with Crippen molar-refractivity contribution in [2.75, 3.05) is 16.8 Å². The number of halogens is 1. The van der Waals surface area contributed by atoms with Gasteiger partial charge in [0.15, 0.2) is 4.34 Å². The van der Waals surface area contributed by atoms with Gasteiger partial charge in [-0.25, -0.2) is 4.39 Å². The van der Waals surface area contributed by atoms with Gasteiger partial charge in [0, 0.05) is 23.9 Å². The fourth-order valence-electron chi connectivity index (χ4n) is 2.47. The summed E-state index contributed by atoms with van der Waals surface area (Å²) in [5, 5.41) is 20.4. The van der Waals surface area contributed by atoms with E-state index >= 15 is 0 Å². The van der Waals surface area contributed by atoms with Gasteiger partial charge in [-0.3, -0.25) is 9.59 Å². The quantitative estimate of drug-likeness (QED) is 0.557. The Morgan fingerprint density at radius 2 is 2.07 bits per heavy atom. The highest BCUT2D eigenvalue weighted by atomic mass is 32.2. The summed E-state index contributed by atoms with van der Waals surface area (Å²) in [7, 11) is 0. The second-order valence-electron chi connectivity index (χ2n) is 5.82. The minimum atomic E-state index is -1.22. The highest BCUT2D eigenvalue weighted by Crippen LogP contribution is 2.30. The van der Waals surface area contributed by atoms with Crippen LogP contribution in [0.2, 0.25) is 0 Å². The van der Waals surface area contributed by atoms with Gasteiger partial charge in [0.1, 0.15) is 5.82 Å². The van der Waals surface area contributed by atoms with E-state index in [0.29, 0.717) is 10.0 Å². The number of hydrogen-bond donors (Lipinski definition) is 1. The first kappa shape index (κ1) is 19.2. The Hall–Kier alpha value is -2.53. The van der Waals surface area contributed by atoms with Crippen LogP contribution < -0.4 is 15.3 Å². The number of carboxylic acids is 1. The molecule has 1 N–H and O–H groups in total. The van der Waals surface area contributed by atoms with Crippen LogP contribution in [0, 0.1) is 11.7 Å². The molecule has 2 amide bonds. The van der Waals surface area contributed by atoms with E-state index in [4.69, 9.17) is 0 Å². The van der Waals surface area contributed by atoms with Crippen LogP contribution in [0.4, 0.5) is 15.2 Å². The summed E-state index contributed by atoms with van der Waals surface area (Å²) in [6.07, 6.45) is 0.0331. The van der Waals surface area contributed by atoms with E-state index in [0.717, 1.165) is 23.1 Å². The molecule has 0 spiro atoms. The van der Waals surface area contributed by atoms with Gasteiger partial charge in [0.2, 0.25) is 16.9 Å². The Bertz CT molecular complexity index is 874. The summed E-state index contributed by atoms with van der Waals surface area (Å²) in [5.41, 5.74) is 0.530. The molecule has 3 rings (SSSR count). The summed E-state index contributed by atoms with van der Waals surface area (Å²) < 4.78 is 13.4. The number of aromatic nitrogens is 2. The number of amides is 2. The smallest absolute Gasteiger partial charge is 0.231 e. The fraction of sp³-hybridized carbons (Fsp3) is 0.312. The number of carboxylic acid groups (broad SMARTS) is 1. The first-order valence-electron chi connectivity index (χ1n) is 7.91. The van der Waals surface area contributed by atoms with Crippen LogP contribution in [0.1, 0.15) is 13.3 Å². The van der Waals surface area contributed by atoms with Crippen LogP contribution in [-0.2, 0) is 14.4 Å². The molecule has 11 heteroatoms. The van der Waals surface area contributed by atoms with E-state index in [9.17, 15) is 23.9 Å². The third-order valence-corrected chi connectivity index (χ3v) is 5.88. The molecule has 8 nitrogen and oxygen atoms in total. The molecule has 1 fully saturated rings. The van der Waals surface area contributed by atoms with Gasteiger partial charge in [-0.05, 0) is 31.2 Å². The highest BCUT2D eigenvalue weighted by Gasteiger charge is 2.35. The normalized spacial score (nSPS) is 17.8. The maximum absolute atomic E-state index is 13.0. The number of aliphatic carboxylic acids is 1. The Kier molecular flexibility index (Phi) is 5.71. The lowest BCUT2D eigenvalue weighted by molar-refractivity contribution is -0.304. The molecule has 0 bridgehead atoms. The van der Waals surface area contributed by atoms with Crippen LogP contribution >= 0.6 is 23.1 Å². The monoisotopic (exact) mass is 409 g/mol. The predicted octanol–water partition coefficient (Wildman–Crippen LogP) is 0.899. The Morgan fingerprint density at radius 1 is 1.37 bits per heavy atom. The Morgan fingerprint density at radius 3 is 2.74 bits per heavy atom. The van der Waals surface area contributed by atoms with Crippen LogP contribution in [-0.4, -0.2) is 39.8 Å². The SMILES string of the molecule is C[C@@H](Sc1nnc(NC(=O)[C@@H]2CC(=O)N(c3ccc(F)cc3)C2)s1)C(=O)[O-]. The zero-order valence-corrected chi connectivity index (χ0v) is 15.7. The average molecular weight is 409 g/mol. The minimum absolute atomic E-state index is 0.0331. The van der Waals surface area contributed by atoms with Gasteiger partial charge >= 0.3 is 0 Å². The first-order valence-corrected chi connectivity index (χ1v) is 9.61. The van der Waals surface area contributed by atoms with Crippen LogP contribution in [0.15, 0.2) is 28.6 Å². The molecule has 2 atom stereocenters. The predicted molar refractivity (Wildman–Crippen MR) is 95.7 cm³/mol. The molecule has 2 aromatic rings. The van der Waals surface area contributed by atoms with Gasteiger partial charge in [-0.2, -0.15) is 0 Å². The maximum Gasteiger partial charge on any atom is 0.231 e. The van der Waals surface area contributed by atoms with E-state index in [1.165, 1.54) is 36.1 Å². The van der Waals surface area contributed by atoms with Gasteiger partial charge in [0.25, 0.3) is 0 Å². The molecule has 2 heterocycles. The second-order valence-corrected chi connectivity index (χ2v) is 8.39. The number of carbonyl (C=O) groups is 3. The van der Waals surface area contributed by atoms with Crippen molar-refractivity contribution in [3.8, 4) is 0 Å². The molecule has 142 valence electrons. The van der Waals surface area contributed by atoms with E-state index in [1.54, 1.807) is 0 Å². The number of rotatable bonds is 6. The molecule has 1 aromatic heterocycles. The van der Waals surface area contributed by atoms with Crippen molar-refractivity contribution in [1.29, 1.82) is 0 Å². The maximum atomic E-state index is 13.0. The van der Waals surface area contributed by atoms with Crippen molar-refractivity contribution < 1.29 is 23.9 Å². The average Bonchev–Trinajstić information content (AvgIpc) is 3.22. The molecular formula is C16H14FN4O4S2-. The third kappa shape index (κ3) is 4.61. The number of nitrogens with one attached hydrogen (secondary N) is 1. The summed E-state index contributed by atoms with van der Waals surface area (Å²) in [6, 6.07) is 5.48. The van der Waals surface area contributed by atoms with Crippen LogP contribution in [0.25, 0.3) is 0 Å². The van der Waals surface area contributed by atoms with Crippen LogP contribution in [0.3, 0.4) is 0 Å². The summed E-state index contributed by atoms with van der Waals surface area (Å²) in [4.78, 5) is 36.8. The van der Waals surface area contributed by atoms with E-state index in [-0.39, 0.29) is 29.9 Å². The zero-order chi connectivity index (χ0) is 19.6. The minimum Gasteiger partial charge on any atom is -0.549 e. The number of nitrogens with zero attached hydrogens (tertiary/aromatic N) is 3. The molecule has 0 radical (unpaired) electrons. The van der Waals surface area contributed by atoms with Crippen LogP contribution in [0.5, 0.6) is 0 Å². The highest BCUT2D eigenvalue weighted by molar-refractivity contribution is 8.02. The summed E-state index contributed by atoms with van der Waals surface area (Å²) in [5.74, 6) is -2.81. The lowest BCUT2D eigenvalue weighted by atomic mass is 10.1. The van der Waals surface area contributed by atoms with Crippen molar-refractivity contribution in [3.05, 3.63) is 30.1 Å². The molecule has 0 unspecified atom stereocenters. The molecule has 1 saturated heterocycles. The van der Waals surface area contributed by atoms with E-state index < -0.39 is 23.0 Å². The van der Waals surface area contributed by atoms with Gasteiger partial charge in [0.05, 0.1) is 11.9 Å². The van der Waals surface area contributed by atoms with Gasteiger partial charge < -0.3 is 20.1 Å². The largest absolute Gasteiger partial charge is 0.549 e. The van der Waals surface area contributed by atoms with Crippen molar-refractivity contribution in [2.24, 2.45) is 5.92 Å². The van der Waals surface area contributed by atoms with Gasteiger partial charge in [-0.15, -0.1) is 10.2 Å². The number of carbonyl (C=O) groups excluding carboxylic acids is 3. The van der Waals surface area contributed by atoms with Gasteiger partial charge in [-0.1, -0.05) is 23.1 Å². The van der Waals surface area contributed by atoms with Crippen molar-refractivity contribution >= 4 is 51.7 Å². The van der Waals surface area contributed by atoms with Crippen molar-refractivity contribution in [3.63, 3.8) is 0 Å². The van der Waals surface area contributed by atoms with Crippen molar-refractivity contribution in [2.45, 2.75) is 22.9 Å². The Balaban J connectivity index is 1.60. The number of hydrogen-bond acceptors (Lipinski definition) is 8. The first-order chi connectivity index (χ1) is 12.8. The number of benzene rings is 1.